The number of hydrogen-bond acceptors (Lipinski definition) is 6. The zero-order chi connectivity index (χ0) is 27.9. The molecule has 0 bridgehead atoms. The molecular weight excluding hydrogens is 580 g/mol. The van der Waals surface area contributed by atoms with E-state index in [-0.39, 0.29) is 38.5 Å². The number of carboxylic acids is 1. The Kier molecular flexibility index (Phi) is 7.81. The molecule has 0 amide bonds. The lowest BCUT2D eigenvalue weighted by atomic mass is 9.98. The number of thioether (sulfide) groups is 1. The van der Waals surface area contributed by atoms with Crippen LogP contribution in [0.25, 0.3) is 27.5 Å². The van der Waals surface area contributed by atoms with Gasteiger partial charge in [-0.25, -0.2) is 9.78 Å². The first-order valence-corrected chi connectivity index (χ1v) is 13.3. The molecule has 0 aliphatic carbocycles. The molecule has 0 spiro atoms. The van der Waals surface area contributed by atoms with Crippen LogP contribution in [0.3, 0.4) is 0 Å². The van der Waals surface area contributed by atoms with Crippen LogP contribution in [-0.2, 0) is 6.18 Å². The van der Waals surface area contributed by atoms with Crippen molar-refractivity contribution in [3.63, 3.8) is 0 Å². The number of aromatic carboxylic acids is 1. The normalized spacial score (nSPS) is 11.7. The molecule has 2 aromatic heterocycles. The van der Waals surface area contributed by atoms with Crippen LogP contribution in [-0.4, -0.2) is 31.1 Å². The van der Waals surface area contributed by atoms with E-state index >= 15 is 0 Å². The fourth-order valence-electron chi connectivity index (χ4n) is 3.71. The molecule has 6 nitrogen and oxygen atoms in total. The van der Waals surface area contributed by atoms with E-state index in [4.69, 9.17) is 23.2 Å². The minimum atomic E-state index is -4.73. The number of thiazole rings is 1. The van der Waals surface area contributed by atoms with Gasteiger partial charge in [-0.3, -0.25) is 0 Å². The molecule has 196 valence electrons. The lowest BCUT2D eigenvalue weighted by Gasteiger charge is -2.10. The van der Waals surface area contributed by atoms with Crippen LogP contribution in [0.15, 0.2) is 40.6 Å². The van der Waals surface area contributed by atoms with Gasteiger partial charge in [-0.1, -0.05) is 54.5 Å². The van der Waals surface area contributed by atoms with Crippen molar-refractivity contribution in [1.82, 2.24) is 14.8 Å². The van der Waals surface area contributed by atoms with Gasteiger partial charge in [0, 0.05) is 16.4 Å². The predicted molar refractivity (Wildman–Crippen MR) is 143 cm³/mol. The van der Waals surface area contributed by atoms with Gasteiger partial charge >= 0.3 is 12.1 Å². The average Bonchev–Trinajstić information content (AvgIpc) is 3.40. The third-order valence-electron chi connectivity index (χ3n) is 5.24. The zero-order valence-electron chi connectivity index (χ0n) is 19.9. The highest BCUT2D eigenvalue weighted by atomic mass is 35.5. The highest BCUT2D eigenvalue weighted by molar-refractivity contribution is 8.01. The quantitative estimate of drug-likeness (QED) is 0.225. The van der Waals surface area contributed by atoms with Crippen LogP contribution in [0.4, 0.5) is 13.2 Å². The summed E-state index contributed by atoms with van der Waals surface area (Å²) in [5.74, 6) is -1.42. The van der Waals surface area contributed by atoms with Crippen LogP contribution in [0, 0.1) is 18.3 Å². The second-order valence-electron chi connectivity index (χ2n) is 8.36. The van der Waals surface area contributed by atoms with Gasteiger partial charge in [0.15, 0.2) is 5.69 Å². The molecule has 0 unspecified atom stereocenters. The van der Waals surface area contributed by atoms with Crippen molar-refractivity contribution in [2.24, 2.45) is 0 Å². The van der Waals surface area contributed by atoms with Crippen LogP contribution < -0.4 is 0 Å². The largest absolute Gasteiger partial charge is 0.476 e. The van der Waals surface area contributed by atoms with E-state index in [2.05, 4.69) is 10.1 Å². The first-order chi connectivity index (χ1) is 17.8. The molecule has 2 aromatic carbocycles. The SMILES string of the molecule is Cc1nn(-c2nc(-c3ccc(Cl)c(Cl)c3)c(SC(C)C)s2)c(C(=O)O)c1-c1cc(C#N)cc(C(F)(F)F)c1. The predicted octanol–water partition coefficient (Wildman–Crippen LogP) is 8.37. The molecule has 0 radical (unpaired) electrons. The Morgan fingerprint density at radius 2 is 1.87 bits per heavy atom. The van der Waals surface area contributed by atoms with Crippen molar-refractivity contribution >= 4 is 52.3 Å². The summed E-state index contributed by atoms with van der Waals surface area (Å²) in [5, 5.41) is 24.8. The minimum absolute atomic E-state index is 0.0375. The Labute approximate surface area is 233 Å². The number of carbonyl (C=O) groups is 1. The maximum absolute atomic E-state index is 13.5. The number of benzene rings is 2. The highest BCUT2D eigenvalue weighted by Gasteiger charge is 2.33. The molecule has 4 rings (SSSR count). The van der Waals surface area contributed by atoms with Crippen LogP contribution >= 0.6 is 46.3 Å². The number of alkyl halides is 3. The van der Waals surface area contributed by atoms with Gasteiger partial charge < -0.3 is 5.11 Å². The molecule has 13 heteroatoms. The van der Waals surface area contributed by atoms with Gasteiger partial charge in [0.2, 0.25) is 5.13 Å². The standard InChI is InChI=1S/C25H17Cl2F3N4O2S2/c1-11(2)37-23-20(14-4-5-17(26)18(27)9-14)32-24(38-23)34-21(22(35)36)19(12(3)33-34)15-6-13(10-31)7-16(8-15)25(28,29)30/h4-9,11H,1-3H3,(H,35,36). The number of aryl methyl sites for hydroxylation is 1. The summed E-state index contributed by atoms with van der Waals surface area (Å²) in [6.07, 6.45) is -4.73. The first-order valence-electron chi connectivity index (χ1n) is 10.9. The van der Waals surface area contributed by atoms with Crippen LogP contribution in [0.5, 0.6) is 0 Å². The maximum atomic E-state index is 13.5. The number of carboxylic acid groups (broad SMARTS) is 1. The van der Waals surface area contributed by atoms with Crippen molar-refractivity contribution in [3.8, 4) is 33.6 Å². The highest BCUT2D eigenvalue weighted by Crippen LogP contribution is 2.42. The molecule has 0 aliphatic heterocycles. The van der Waals surface area contributed by atoms with Crippen molar-refractivity contribution in [1.29, 1.82) is 5.26 Å². The smallest absolute Gasteiger partial charge is 0.416 e. The molecule has 0 atom stereocenters. The van der Waals surface area contributed by atoms with E-state index in [1.54, 1.807) is 24.3 Å². The Morgan fingerprint density at radius 1 is 1.16 bits per heavy atom. The van der Waals surface area contributed by atoms with E-state index in [0.29, 0.717) is 27.4 Å². The molecular formula is C25H17Cl2F3N4O2S2. The Morgan fingerprint density at radius 3 is 2.45 bits per heavy atom. The lowest BCUT2D eigenvalue weighted by Crippen LogP contribution is -2.10. The molecule has 38 heavy (non-hydrogen) atoms. The maximum Gasteiger partial charge on any atom is 0.416 e. The molecule has 0 saturated carbocycles. The summed E-state index contributed by atoms with van der Waals surface area (Å²) < 4.78 is 42.4. The van der Waals surface area contributed by atoms with Crippen LogP contribution in [0.1, 0.15) is 41.2 Å². The summed E-state index contributed by atoms with van der Waals surface area (Å²) in [5.41, 5.74) is -0.468. The van der Waals surface area contributed by atoms with Gasteiger partial charge in [-0.2, -0.15) is 28.2 Å². The molecule has 0 fully saturated rings. The molecule has 0 saturated heterocycles. The molecule has 0 aliphatic rings. The summed E-state index contributed by atoms with van der Waals surface area (Å²) in [6, 6.07) is 9.45. The number of hydrogen-bond donors (Lipinski definition) is 1. The van der Waals surface area contributed by atoms with Gasteiger partial charge in [0.1, 0.15) is 0 Å². The Balaban J connectivity index is 1.95. The third-order valence-corrected chi connectivity index (χ3v) is 8.22. The van der Waals surface area contributed by atoms with Crippen LogP contribution in [0.2, 0.25) is 10.0 Å². The summed E-state index contributed by atoms with van der Waals surface area (Å²) in [6.45, 7) is 5.46. The van der Waals surface area contributed by atoms with Gasteiger partial charge in [0.05, 0.1) is 42.8 Å². The van der Waals surface area contributed by atoms with Crippen molar-refractivity contribution in [2.75, 3.05) is 0 Å². The Bertz CT molecular complexity index is 1610. The third kappa shape index (κ3) is 5.54. The monoisotopic (exact) mass is 596 g/mol. The van der Waals surface area contributed by atoms with E-state index in [1.165, 1.54) is 36.1 Å². The zero-order valence-corrected chi connectivity index (χ0v) is 23.0. The van der Waals surface area contributed by atoms with Crippen molar-refractivity contribution < 1.29 is 23.1 Å². The van der Waals surface area contributed by atoms with Gasteiger partial charge in [-0.15, -0.1) is 11.8 Å². The molecule has 4 aromatic rings. The average molecular weight is 597 g/mol. The number of halogens is 5. The number of rotatable bonds is 6. The van der Waals surface area contributed by atoms with Crippen molar-refractivity contribution in [2.45, 2.75) is 36.4 Å². The second kappa shape index (κ2) is 10.6. The lowest BCUT2D eigenvalue weighted by molar-refractivity contribution is -0.137. The van der Waals surface area contributed by atoms with Gasteiger partial charge in [0.25, 0.3) is 0 Å². The molecule has 2 heterocycles. The number of nitrogens with zero attached hydrogens (tertiary/aromatic N) is 4. The minimum Gasteiger partial charge on any atom is -0.476 e. The fraction of sp³-hybridized carbons (Fsp3) is 0.200. The van der Waals surface area contributed by atoms with E-state index in [0.717, 1.165) is 15.0 Å². The van der Waals surface area contributed by atoms with E-state index < -0.39 is 17.7 Å². The second-order valence-corrected chi connectivity index (χ2v) is 12.0. The summed E-state index contributed by atoms with van der Waals surface area (Å²) in [4.78, 5) is 17.1. The summed E-state index contributed by atoms with van der Waals surface area (Å²) >= 11 is 15.0. The topological polar surface area (TPSA) is 91.8 Å². The van der Waals surface area contributed by atoms with Gasteiger partial charge in [-0.05, 0) is 42.8 Å². The summed E-state index contributed by atoms with van der Waals surface area (Å²) in [7, 11) is 0. The molecule has 1 N–H and O–H groups in total. The number of aromatic nitrogens is 3. The van der Waals surface area contributed by atoms with E-state index in [9.17, 15) is 28.3 Å². The van der Waals surface area contributed by atoms with E-state index in [1.807, 2.05) is 13.8 Å². The fourth-order valence-corrected chi connectivity index (χ4v) is 6.49. The number of nitriles is 1. The first kappa shape index (κ1) is 28.0. The Hall–Kier alpha value is -3.04. The van der Waals surface area contributed by atoms with Crippen molar-refractivity contribution in [3.05, 3.63) is 69.0 Å².